The fourth-order valence-corrected chi connectivity index (χ4v) is 1.15. The highest BCUT2D eigenvalue weighted by molar-refractivity contribution is 5.90. The van der Waals surface area contributed by atoms with Gasteiger partial charge in [0.05, 0.1) is 18.1 Å². The standard InChI is InChI=1S/C9H8N4O/c10-8(14)2-1-7-5-12-9-6-11-3-4-13(7)9/h1-6H,(H2,10,14). The Morgan fingerprint density at radius 1 is 1.50 bits per heavy atom. The van der Waals surface area contributed by atoms with Gasteiger partial charge in [-0.1, -0.05) is 0 Å². The number of nitrogens with two attached hydrogens (primary N) is 1. The lowest BCUT2D eigenvalue weighted by molar-refractivity contribution is -0.113. The van der Waals surface area contributed by atoms with E-state index in [2.05, 4.69) is 9.97 Å². The van der Waals surface area contributed by atoms with Crippen LogP contribution >= 0.6 is 0 Å². The minimum absolute atomic E-state index is 0.478. The molecule has 0 aliphatic carbocycles. The summed E-state index contributed by atoms with van der Waals surface area (Å²) in [6.45, 7) is 0. The van der Waals surface area contributed by atoms with Crippen LogP contribution in [-0.4, -0.2) is 20.3 Å². The number of carbonyl (C=O) groups is 1. The number of primary amides is 1. The molecule has 0 atom stereocenters. The number of rotatable bonds is 2. The monoisotopic (exact) mass is 188 g/mol. The molecule has 0 aliphatic heterocycles. The first-order valence-electron chi connectivity index (χ1n) is 4.02. The van der Waals surface area contributed by atoms with Gasteiger partial charge in [0.1, 0.15) is 0 Å². The Morgan fingerprint density at radius 3 is 3.14 bits per heavy atom. The predicted octanol–water partition coefficient (Wildman–Crippen LogP) is 0.228. The fourth-order valence-electron chi connectivity index (χ4n) is 1.15. The zero-order chi connectivity index (χ0) is 9.97. The maximum atomic E-state index is 10.5. The van der Waals surface area contributed by atoms with Gasteiger partial charge in [0.25, 0.3) is 0 Å². The normalized spacial score (nSPS) is 11.1. The van der Waals surface area contributed by atoms with Crippen molar-refractivity contribution in [1.29, 1.82) is 0 Å². The maximum absolute atomic E-state index is 10.5. The molecule has 0 unspecified atom stereocenters. The van der Waals surface area contributed by atoms with Crippen LogP contribution in [0.5, 0.6) is 0 Å². The van der Waals surface area contributed by atoms with Crippen molar-refractivity contribution in [2.45, 2.75) is 0 Å². The molecule has 70 valence electrons. The molecule has 0 aromatic carbocycles. The van der Waals surface area contributed by atoms with Crippen molar-refractivity contribution in [2.75, 3.05) is 0 Å². The van der Waals surface area contributed by atoms with Crippen molar-refractivity contribution < 1.29 is 4.79 Å². The number of amides is 1. The third-order valence-corrected chi connectivity index (χ3v) is 1.76. The lowest BCUT2D eigenvalue weighted by Gasteiger charge is -1.93. The van der Waals surface area contributed by atoms with Crippen LogP contribution in [0.1, 0.15) is 5.69 Å². The molecular weight excluding hydrogens is 180 g/mol. The Balaban J connectivity index is 2.48. The SMILES string of the molecule is NC(=O)C=Cc1cnc2cnccn12. The summed E-state index contributed by atoms with van der Waals surface area (Å²) in [5, 5.41) is 0. The zero-order valence-corrected chi connectivity index (χ0v) is 7.29. The summed E-state index contributed by atoms with van der Waals surface area (Å²) in [7, 11) is 0. The summed E-state index contributed by atoms with van der Waals surface area (Å²) >= 11 is 0. The number of imidazole rings is 1. The van der Waals surface area contributed by atoms with Gasteiger partial charge < -0.3 is 5.73 Å². The second-order valence-electron chi connectivity index (χ2n) is 2.72. The van der Waals surface area contributed by atoms with Crippen molar-refractivity contribution >= 4 is 17.6 Å². The number of fused-ring (bicyclic) bond motifs is 1. The van der Waals surface area contributed by atoms with Crippen LogP contribution in [0.3, 0.4) is 0 Å². The van der Waals surface area contributed by atoms with Gasteiger partial charge in [-0.3, -0.25) is 14.2 Å². The molecule has 0 spiro atoms. The van der Waals surface area contributed by atoms with E-state index in [0.29, 0.717) is 0 Å². The van der Waals surface area contributed by atoms with E-state index in [1.165, 1.54) is 6.08 Å². The Morgan fingerprint density at radius 2 is 2.36 bits per heavy atom. The lowest BCUT2D eigenvalue weighted by Crippen LogP contribution is -2.05. The number of hydrogen-bond acceptors (Lipinski definition) is 3. The number of carbonyl (C=O) groups excluding carboxylic acids is 1. The van der Waals surface area contributed by atoms with E-state index in [-0.39, 0.29) is 0 Å². The largest absolute Gasteiger partial charge is 0.366 e. The van der Waals surface area contributed by atoms with Crippen molar-refractivity contribution in [1.82, 2.24) is 14.4 Å². The Bertz CT molecular complexity index is 500. The van der Waals surface area contributed by atoms with Gasteiger partial charge >= 0.3 is 0 Å². The van der Waals surface area contributed by atoms with Gasteiger partial charge in [0.15, 0.2) is 5.65 Å². The molecule has 0 aliphatic rings. The molecule has 0 bridgehead atoms. The van der Waals surface area contributed by atoms with Crippen LogP contribution in [0, 0.1) is 0 Å². The first-order valence-corrected chi connectivity index (χ1v) is 4.02. The lowest BCUT2D eigenvalue weighted by atomic mass is 10.4. The van der Waals surface area contributed by atoms with E-state index in [4.69, 9.17) is 5.73 Å². The minimum atomic E-state index is -0.478. The van der Waals surface area contributed by atoms with Gasteiger partial charge in [-0.15, -0.1) is 0 Å². The third kappa shape index (κ3) is 1.47. The first kappa shape index (κ1) is 8.43. The quantitative estimate of drug-likeness (QED) is 0.685. The Labute approximate surface area is 79.9 Å². The number of nitrogens with zero attached hydrogens (tertiary/aromatic N) is 3. The van der Waals surface area contributed by atoms with Crippen molar-refractivity contribution in [3.63, 3.8) is 0 Å². The van der Waals surface area contributed by atoms with Crippen LogP contribution in [-0.2, 0) is 4.79 Å². The smallest absolute Gasteiger partial charge is 0.241 e. The molecule has 2 N–H and O–H groups in total. The summed E-state index contributed by atoms with van der Waals surface area (Å²) in [5.74, 6) is -0.478. The Kier molecular flexibility index (Phi) is 1.98. The highest BCUT2D eigenvalue weighted by Crippen LogP contribution is 2.05. The molecule has 5 nitrogen and oxygen atoms in total. The second-order valence-corrected chi connectivity index (χ2v) is 2.72. The molecule has 2 heterocycles. The fraction of sp³-hybridized carbons (Fsp3) is 0. The predicted molar refractivity (Wildman–Crippen MR) is 51.2 cm³/mol. The topological polar surface area (TPSA) is 73.3 Å². The maximum Gasteiger partial charge on any atom is 0.241 e. The van der Waals surface area contributed by atoms with Gasteiger partial charge in [-0.05, 0) is 6.08 Å². The third-order valence-electron chi connectivity index (χ3n) is 1.76. The van der Waals surface area contributed by atoms with Crippen LogP contribution < -0.4 is 5.73 Å². The average Bonchev–Trinajstić information content (AvgIpc) is 2.58. The van der Waals surface area contributed by atoms with Crippen LogP contribution in [0.4, 0.5) is 0 Å². The summed E-state index contributed by atoms with van der Waals surface area (Å²) in [6.07, 6.45) is 9.61. The van der Waals surface area contributed by atoms with E-state index >= 15 is 0 Å². The molecule has 14 heavy (non-hydrogen) atoms. The van der Waals surface area contributed by atoms with Gasteiger partial charge in [-0.2, -0.15) is 0 Å². The summed E-state index contributed by atoms with van der Waals surface area (Å²) < 4.78 is 1.81. The van der Waals surface area contributed by atoms with Crippen molar-refractivity contribution in [3.05, 3.63) is 36.6 Å². The molecule has 0 saturated heterocycles. The molecule has 0 radical (unpaired) electrons. The average molecular weight is 188 g/mol. The number of hydrogen-bond donors (Lipinski definition) is 1. The van der Waals surface area contributed by atoms with E-state index in [9.17, 15) is 4.79 Å². The second kappa shape index (κ2) is 3.29. The van der Waals surface area contributed by atoms with Gasteiger partial charge in [0, 0.05) is 18.5 Å². The molecular formula is C9H8N4O. The van der Waals surface area contributed by atoms with Gasteiger partial charge in [-0.25, -0.2) is 4.98 Å². The van der Waals surface area contributed by atoms with Crippen molar-refractivity contribution in [3.8, 4) is 0 Å². The first-order chi connectivity index (χ1) is 6.77. The van der Waals surface area contributed by atoms with Crippen molar-refractivity contribution in [2.24, 2.45) is 5.73 Å². The molecule has 0 saturated carbocycles. The zero-order valence-electron chi connectivity index (χ0n) is 7.29. The van der Waals surface area contributed by atoms with Crippen LogP contribution in [0.2, 0.25) is 0 Å². The minimum Gasteiger partial charge on any atom is -0.366 e. The molecule has 0 fully saturated rings. The Hall–Kier alpha value is -2.17. The highest BCUT2D eigenvalue weighted by atomic mass is 16.1. The summed E-state index contributed by atoms with van der Waals surface area (Å²) in [6, 6.07) is 0. The number of aromatic nitrogens is 3. The molecule has 2 rings (SSSR count). The van der Waals surface area contributed by atoms with Gasteiger partial charge in [0.2, 0.25) is 5.91 Å². The highest BCUT2D eigenvalue weighted by Gasteiger charge is 1.98. The molecule has 2 aromatic rings. The summed E-state index contributed by atoms with van der Waals surface area (Å²) in [5.41, 5.74) is 6.51. The van der Waals surface area contributed by atoms with E-state index < -0.39 is 5.91 Å². The van der Waals surface area contributed by atoms with E-state index in [1.54, 1.807) is 30.9 Å². The van der Waals surface area contributed by atoms with E-state index in [1.807, 2.05) is 4.40 Å². The molecule has 2 aromatic heterocycles. The van der Waals surface area contributed by atoms with Crippen LogP contribution in [0.15, 0.2) is 30.9 Å². The molecule has 1 amide bonds. The summed E-state index contributed by atoms with van der Waals surface area (Å²) in [4.78, 5) is 18.5. The van der Waals surface area contributed by atoms with E-state index in [0.717, 1.165) is 11.3 Å². The molecule has 5 heteroatoms. The van der Waals surface area contributed by atoms with Crippen LogP contribution in [0.25, 0.3) is 11.7 Å².